The fraction of sp³-hybridized carbons (Fsp3) is 0.310. The fourth-order valence-corrected chi connectivity index (χ4v) is 5.66. The molecule has 0 radical (unpaired) electrons. The molecule has 0 aliphatic rings. The Bertz CT molecular complexity index is 1530. The van der Waals surface area contributed by atoms with Gasteiger partial charge in [0.15, 0.2) is 0 Å². The Morgan fingerprint density at radius 2 is 1.55 bits per heavy atom. The van der Waals surface area contributed by atoms with Gasteiger partial charge in [0.25, 0.3) is 10.0 Å². The van der Waals surface area contributed by atoms with Crippen molar-refractivity contribution in [3.63, 3.8) is 0 Å². The van der Waals surface area contributed by atoms with Crippen molar-refractivity contribution in [2.75, 3.05) is 10.8 Å². The van der Waals surface area contributed by atoms with Gasteiger partial charge in [-0.1, -0.05) is 41.4 Å². The summed E-state index contributed by atoms with van der Waals surface area (Å²) < 4.78 is 82.9. The third-order valence-corrected chi connectivity index (χ3v) is 8.41. The van der Waals surface area contributed by atoms with Gasteiger partial charge in [-0.3, -0.25) is 13.9 Å². The first-order chi connectivity index (χ1) is 19.5. The maximum atomic E-state index is 13.8. The highest BCUT2D eigenvalue weighted by atomic mass is 35.5. The number of nitrogens with zero attached hydrogens (tertiary/aromatic N) is 2. The molecular weight excluding hydrogens is 598 g/mol. The van der Waals surface area contributed by atoms with Crippen molar-refractivity contribution in [2.24, 2.45) is 0 Å². The van der Waals surface area contributed by atoms with Crippen molar-refractivity contribution in [3.05, 3.63) is 94.3 Å². The van der Waals surface area contributed by atoms with Crippen molar-refractivity contribution in [2.45, 2.75) is 57.4 Å². The van der Waals surface area contributed by atoms with E-state index in [0.717, 1.165) is 34.7 Å². The number of amides is 2. The highest BCUT2D eigenvalue weighted by molar-refractivity contribution is 7.92. The van der Waals surface area contributed by atoms with E-state index in [0.29, 0.717) is 15.9 Å². The molecule has 0 spiro atoms. The van der Waals surface area contributed by atoms with E-state index in [1.807, 2.05) is 0 Å². The number of alkyl halides is 3. The fourth-order valence-electron chi connectivity index (χ4n) is 4.03. The quantitative estimate of drug-likeness (QED) is 0.282. The van der Waals surface area contributed by atoms with Gasteiger partial charge in [-0.2, -0.15) is 13.2 Å². The van der Waals surface area contributed by atoms with Gasteiger partial charge < -0.3 is 10.2 Å². The smallest absolute Gasteiger partial charge is 0.352 e. The number of halogens is 5. The van der Waals surface area contributed by atoms with Crippen LogP contribution in [0.15, 0.2) is 71.6 Å². The average Bonchev–Trinajstić information content (AvgIpc) is 2.90. The Kier molecular flexibility index (Phi) is 10.3. The third-order valence-electron chi connectivity index (χ3n) is 6.30. The van der Waals surface area contributed by atoms with Gasteiger partial charge >= 0.3 is 6.18 Å². The second-order valence-corrected chi connectivity index (χ2v) is 12.2. The van der Waals surface area contributed by atoms with E-state index >= 15 is 0 Å². The lowest BCUT2D eigenvalue weighted by atomic mass is 10.1. The SMILES string of the molecule is Cc1ccc(S(=O)(=O)N(CC(=O)N(Cc2ccc(F)cc2)[C@H](C)C(=O)NC(C)C)c2ccc(Cl)c(C(F)(F)F)c2)cc1. The lowest BCUT2D eigenvalue weighted by molar-refractivity contribution is -0.139. The van der Waals surface area contributed by atoms with Gasteiger partial charge in [-0.15, -0.1) is 0 Å². The van der Waals surface area contributed by atoms with E-state index in [2.05, 4.69) is 5.32 Å². The number of hydrogen-bond acceptors (Lipinski definition) is 4. The molecule has 0 heterocycles. The van der Waals surface area contributed by atoms with Crippen molar-refractivity contribution >= 4 is 39.1 Å². The van der Waals surface area contributed by atoms with E-state index in [-0.39, 0.29) is 17.5 Å². The van der Waals surface area contributed by atoms with Gasteiger partial charge in [0.1, 0.15) is 18.4 Å². The Labute approximate surface area is 247 Å². The zero-order valence-corrected chi connectivity index (χ0v) is 24.8. The zero-order chi connectivity index (χ0) is 31.4. The van der Waals surface area contributed by atoms with Crippen molar-refractivity contribution in [1.82, 2.24) is 10.2 Å². The lowest BCUT2D eigenvalue weighted by Gasteiger charge is -2.32. The summed E-state index contributed by atoms with van der Waals surface area (Å²) in [5, 5.41) is 2.03. The average molecular weight is 628 g/mol. The predicted octanol–water partition coefficient (Wildman–Crippen LogP) is 5.94. The molecule has 0 fully saturated rings. The highest BCUT2D eigenvalue weighted by Gasteiger charge is 2.37. The summed E-state index contributed by atoms with van der Waals surface area (Å²) in [6, 6.07) is 11.8. The molecule has 3 rings (SSSR count). The Balaban J connectivity index is 2.12. The summed E-state index contributed by atoms with van der Waals surface area (Å²) in [5.41, 5.74) is -0.571. The molecule has 3 aromatic carbocycles. The number of sulfonamides is 1. The maximum Gasteiger partial charge on any atom is 0.417 e. The van der Waals surface area contributed by atoms with Gasteiger partial charge in [-0.05, 0) is 75.7 Å². The van der Waals surface area contributed by atoms with Gasteiger partial charge in [0.2, 0.25) is 11.8 Å². The molecule has 3 aromatic rings. The normalized spacial score (nSPS) is 12.6. The maximum absolute atomic E-state index is 13.8. The van der Waals surface area contributed by atoms with E-state index in [1.165, 1.54) is 43.3 Å². The molecular formula is C29H30ClF4N3O4S. The molecule has 0 unspecified atom stereocenters. The molecule has 0 aromatic heterocycles. The molecule has 0 saturated heterocycles. The summed E-state index contributed by atoms with van der Waals surface area (Å²) in [6.07, 6.45) is -4.91. The monoisotopic (exact) mass is 627 g/mol. The molecule has 2 amide bonds. The number of carbonyl (C=O) groups excluding carboxylic acids is 2. The summed E-state index contributed by atoms with van der Waals surface area (Å²) >= 11 is 5.78. The number of rotatable bonds is 10. The van der Waals surface area contributed by atoms with Crippen LogP contribution in [-0.4, -0.2) is 43.8 Å². The standard InChI is InChI=1S/C29H30ClF4N3O4S/c1-18(2)35-28(39)20(4)36(16-21-7-9-22(31)10-8-21)27(38)17-37(42(40,41)24-12-5-19(3)6-13-24)23-11-14-26(30)25(15-23)29(32,33)34/h5-15,18,20H,16-17H2,1-4H3,(H,35,39)/t20-/m1/s1. The molecule has 0 saturated carbocycles. The van der Waals surface area contributed by atoms with Crippen LogP contribution in [-0.2, 0) is 32.3 Å². The third kappa shape index (κ3) is 8.01. The van der Waals surface area contributed by atoms with Gasteiger partial charge in [0, 0.05) is 12.6 Å². The Hall–Kier alpha value is -3.64. The highest BCUT2D eigenvalue weighted by Crippen LogP contribution is 2.38. The summed E-state index contributed by atoms with van der Waals surface area (Å²) in [4.78, 5) is 27.6. The largest absolute Gasteiger partial charge is 0.417 e. The topological polar surface area (TPSA) is 86.8 Å². The van der Waals surface area contributed by atoms with E-state index in [4.69, 9.17) is 11.6 Å². The Morgan fingerprint density at radius 1 is 0.952 bits per heavy atom. The zero-order valence-electron chi connectivity index (χ0n) is 23.2. The predicted molar refractivity (Wildman–Crippen MR) is 152 cm³/mol. The summed E-state index contributed by atoms with van der Waals surface area (Å²) in [5.74, 6) is -1.95. The number of hydrogen-bond donors (Lipinski definition) is 1. The van der Waals surface area contributed by atoms with Crippen LogP contribution in [0.25, 0.3) is 0 Å². The van der Waals surface area contributed by atoms with Crippen molar-refractivity contribution < 1.29 is 35.6 Å². The molecule has 1 atom stereocenters. The van der Waals surface area contributed by atoms with Crippen LogP contribution in [0.4, 0.5) is 23.2 Å². The minimum absolute atomic E-state index is 0.210. The first kappa shape index (κ1) is 32.9. The molecule has 0 aliphatic heterocycles. The van der Waals surface area contributed by atoms with Gasteiger partial charge in [0.05, 0.1) is 21.2 Å². The minimum Gasteiger partial charge on any atom is -0.352 e. The number of aryl methyl sites for hydroxylation is 1. The molecule has 7 nitrogen and oxygen atoms in total. The summed E-state index contributed by atoms with van der Waals surface area (Å²) in [6.45, 7) is 5.43. The van der Waals surface area contributed by atoms with Crippen LogP contribution < -0.4 is 9.62 Å². The minimum atomic E-state index is -4.91. The number of benzene rings is 3. The Morgan fingerprint density at radius 3 is 2.10 bits per heavy atom. The van der Waals surface area contributed by atoms with Crippen LogP contribution in [0.1, 0.15) is 37.5 Å². The molecule has 226 valence electrons. The van der Waals surface area contributed by atoms with Crippen LogP contribution in [0.5, 0.6) is 0 Å². The van der Waals surface area contributed by atoms with Crippen LogP contribution in [0.2, 0.25) is 5.02 Å². The molecule has 13 heteroatoms. The molecule has 1 N–H and O–H groups in total. The first-order valence-electron chi connectivity index (χ1n) is 12.8. The van der Waals surface area contributed by atoms with E-state index in [1.54, 1.807) is 20.8 Å². The molecule has 0 bridgehead atoms. The first-order valence-corrected chi connectivity index (χ1v) is 14.6. The lowest BCUT2D eigenvalue weighted by Crippen LogP contribution is -2.52. The van der Waals surface area contributed by atoms with E-state index < -0.39 is 62.7 Å². The molecule has 0 aliphatic carbocycles. The molecule has 42 heavy (non-hydrogen) atoms. The second kappa shape index (κ2) is 13.1. The number of carbonyl (C=O) groups is 2. The number of anilines is 1. The van der Waals surface area contributed by atoms with Crippen molar-refractivity contribution in [1.29, 1.82) is 0 Å². The van der Waals surface area contributed by atoms with E-state index in [9.17, 15) is 35.6 Å². The van der Waals surface area contributed by atoms with Gasteiger partial charge in [-0.25, -0.2) is 12.8 Å². The van der Waals surface area contributed by atoms with Crippen molar-refractivity contribution in [3.8, 4) is 0 Å². The van der Waals surface area contributed by atoms with Crippen LogP contribution in [0, 0.1) is 12.7 Å². The number of nitrogens with one attached hydrogen (secondary N) is 1. The van der Waals surface area contributed by atoms with Crippen LogP contribution >= 0.6 is 11.6 Å². The summed E-state index contributed by atoms with van der Waals surface area (Å²) in [7, 11) is -4.59. The second-order valence-electron chi connectivity index (χ2n) is 9.97. The van der Waals surface area contributed by atoms with Crippen LogP contribution in [0.3, 0.4) is 0 Å².